The van der Waals surface area contributed by atoms with Gasteiger partial charge in [0, 0.05) is 29.1 Å². The fraction of sp³-hybridized carbons (Fsp3) is 0.727. The van der Waals surface area contributed by atoms with Gasteiger partial charge in [-0.05, 0) is 64.9 Å². The van der Waals surface area contributed by atoms with Crippen LogP contribution >= 0.6 is 0 Å². The highest BCUT2D eigenvalue weighted by molar-refractivity contribution is 5.27. The van der Waals surface area contributed by atoms with Gasteiger partial charge < -0.3 is 10.6 Å². The van der Waals surface area contributed by atoms with Crippen molar-refractivity contribution in [3.63, 3.8) is 0 Å². The lowest BCUT2D eigenvalue weighted by atomic mass is 9.75. The lowest BCUT2D eigenvalue weighted by Crippen LogP contribution is -2.57. The van der Waals surface area contributed by atoms with Gasteiger partial charge in [-0.1, -0.05) is 43.7 Å². The van der Waals surface area contributed by atoms with Gasteiger partial charge >= 0.3 is 0 Å². The van der Waals surface area contributed by atoms with E-state index in [1.807, 2.05) is 0 Å². The van der Waals surface area contributed by atoms with Crippen molar-refractivity contribution in [2.75, 3.05) is 0 Å². The normalized spacial score (nSPS) is 33.4. The third-order valence-corrected chi connectivity index (χ3v) is 5.78. The first-order chi connectivity index (χ1) is 11.4. The SMILES string of the molecule is CCC[C@]1(NC(C)(C)C)CC[C@@H](N[C@H]2C[C@@H]2c2ccccc2)CC1. The minimum Gasteiger partial charge on any atom is -0.311 e. The van der Waals surface area contributed by atoms with Crippen molar-refractivity contribution in [1.82, 2.24) is 10.6 Å². The Kier molecular flexibility index (Phi) is 5.36. The minimum atomic E-state index is 0.213. The van der Waals surface area contributed by atoms with Gasteiger partial charge in [-0.2, -0.15) is 0 Å². The first kappa shape index (κ1) is 17.9. The monoisotopic (exact) mass is 328 g/mol. The Hall–Kier alpha value is -0.860. The molecular formula is C22H36N2. The Bertz CT molecular complexity index is 509. The molecule has 2 N–H and O–H groups in total. The van der Waals surface area contributed by atoms with Crippen LogP contribution in [0.15, 0.2) is 30.3 Å². The molecule has 0 unspecified atom stereocenters. The molecule has 24 heavy (non-hydrogen) atoms. The predicted octanol–water partition coefficient (Wildman–Crippen LogP) is 5.00. The van der Waals surface area contributed by atoms with Crippen LogP contribution in [0.3, 0.4) is 0 Å². The molecule has 0 saturated heterocycles. The number of benzene rings is 1. The van der Waals surface area contributed by atoms with E-state index in [4.69, 9.17) is 0 Å². The standard InChI is InChI=1S/C22H36N2/c1-5-13-22(24-21(2,3)4)14-11-18(12-15-22)23-20-16-19(20)17-9-7-6-8-10-17/h6-10,18-20,23-24H,5,11-16H2,1-4H3/t18-,19-,20+,22+/m1/s1. The average molecular weight is 329 g/mol. The zero-order valence-corrected chi connectivity index (χ0v) is 16.1. The lowest BCUT2D eigenvalue weighted by molar-refractivity contribution is 0.148. The lowest BCUT2D eigenvalue weighted by Gasteiger charge is -2.45. The minimum absolute atomic E-state index is 0.213. The van der Waals surface area contributed by atoms with Crippen LogP contribution in [0, 0.1) is 0 Å². The summed E-state index contributed by atoms with van der Waals surface area (Å²) >= 11 is 0. The molecule has 2 aliphatic rings. The van der Waals surface area contributed by atoms with E-state index in [0.29, 0.717) is 11.6 Å². The van der Waals surface area contributed by atoms with Crippen molar-refractivity contribution in [3.8, 4) is 0 Å². The van der Waals surface area contributed by atoms with Crippen LogP contribution in [0.1, 0.15) is 84.1 Å². The molecule has 2 fully saturated rings. The molecule has 2 nitrogen and oxygen atoms in total. The summed E-state index contributed by atoms with van der Waals surface area (Å²) in [5, 5.41) is 7.93. The smallest absolute Gasteiger partial charge is 0.0187 e. The molecule has 0 aliphatic heterocycles. The third kappa shape index (κ3) is 4.61. The van der Waals surface area contributed by atoms with E-state index in [-0.39, 0.29) is 5.54 Å². The van der Waals surface area contributed by atoms with Crippen molar-refractivity contribution >= 4 is 0 Å². The molecule has 0 bridgehead atoms. The van der Waals surface area contributed by atoms with Gasteiger partial charge in [-0.25, -0.2) is 0 Å². The molecule has 0 spiro atoms. The Balaban J connectivity index is 1.50. The van der Waals surface area contributed by atoms with Crippen molar-refractivity contribution in [2.45, 2.75) is 102 Å². The predicted molar refractivity (Wildman–Crippen MR) is 104 cm³/mol. The largest absolute Gasteiger partial charge is 0.311 e. The molecule has 0 amide bonds. The molecule has 3 rings (SSSR count). The van der Waals surface area contributed by atoms with E-state index >= 15 is 0 Å². The Labute approximate surface area is 148 Å². The number of nitrogens with one attached hydrogen (secondary N) is 2. The van der Waals surface area contributed by atoms with Gasteiger partial charge in [-0.15, -0.1) is 0 Å². The van der Waals surface area contributed by atoms with E-state index in [1.165, 1.54) is 50.5 Å². The van der Waals surface area contributed by atoms with Crippen molar-refractivity contribution in [1.29, 1.82) is 0 Å². The maximum absolute atomic E-state index is 3.97. The molecule has 134 valence electrons. The Morgan fingerprint density at radius 1 is 1.08 bits per heavy atom. The number of hydrogen-bond acceptors (Lipinski definition) is 2. The van der Waals surface area contributed by atoms with Gasteiger partial charge in [0.2, 0.25) is 0 Å². The Morgan fingerprint density at radius 2 is 1.75 bits per heavy atom. The molecule has 0 radical (unpaired) electrons. The highest BCUT2D eigenvalue weighted by atomic mass is 15.1. The zero-order chi connectivity index (χ0) is 17.2. The molecule has 1 aromatic carbocycles. The second kappa shape index (κ2) is 7.17. The van der Waals surface area contributed by atoms with Crippen LogP contribution in [0.5, 0.6) is 0 Å². The maximum Gasteiger partial charge on any atom is 0.0187 e. The zero-order valence-electron chi connectivity index (χ0n) is 16.1. The second-order valence-corrected chi connectivity index (χ2v) is 9.21. The quantitative estimate of drug-likeness (QED) is 0.767. The van der Waals surface area contributed by atoms with E-state index in [2.05, 4.69) is 68.7 Å². The van der Waals surface area contributed by atoms with E-state index in [9.17, 15) is 0 Å². The summed E-state index contributed by atoms with van der Waals surface area (Å²) in [6, 6.07) is 12.5. The van der Waals surface area contributed by atoms with Gasteiger partial charge in [0.15, 0.2) is 0 Å². The van der Waals surface area contributed by atoms with Gasteiger partial charge in [-0.3, -0.25) is 0 Å². The molecule has 2 atom stereocenters. The van der Waals surface area contributed by atoms with Crippen LogP contribution in [0.4, 0.5) is 0 Å². The number of hydrogen-bond donors (Lipinski definition) is 2. The van der Waals surface area contributed by atoms with Crippen molar-refractivity contribution in [3.05, 3.63) is 35.9 Å². The summed E-state index contributed by atoms with van der Waals surface area (Å²) in [5.74, 6) is 0.751. The molecule has 1 aromatic rings. The van der Waals surface area contributed by atoms with Gasteiger partial charge in [0.05, 0.1) is 0 Å². The van der Waals surface area contributed by atoms with E-state index in [0.717, 1.165) is 12.0 Å². The number of rotatable bonds is 6. The fourth-order valence-electron chi connectivity index (χ4n) is 4.80. The van der Waals surface area contributed by atoms with Gasteiger partial charge in [0.25, 0.3) is 0 Å². The fourth-order valence-corrected chi connectivity index (χ4v) is 4.80. The maximum atomic E-state index is 3.97. The van der Waals surface area contributed by atoms with E-state index in [1.54, 1.807) is 0 Å². The van der Waals surface area contributed by atoms with E-state index < -0.39 is 0 Å². The summed E-state index contributed by atoms with van der Waals surface area (Å²) < 4.78 is 0. The summed E-state index contributed by atoms with van der Waals surface area (Å²) in [6.45, 7) is 9.25. The first-order valence-corrected chi connectivity index (χ1v) is 10.0. The topological polar surface area (TPSA) is 24.1 Å². The molecule has 0 heterocycles. The van der Waals surface area contributed by atoms with Crippen molar-refractivity contribution in [2.24, 2.45) is 0 Å². The average Bonchev–Trinajstić information content (AvgIpc) is 3.29. The van der Waals surface area contributed by atoms with Crippen LogP contribution in [-0.4, -0.2) is 23.2 Å². The summed E-state index contributed by atoms with van der Waals surface area (Å²) in [7, 11) is 0. The molecule has 2 saturated carbocycles. The summed E-state index contributed by atoms with van der Waals surface area (Å²) in [4.78, 5) is 0. The summed E-state index contributed by atoms with van der Waals surface area (Å²) in [5.41, 5.74) is 2.10. The summed E-state index contributed by atoms with van der Waals surface area (Å²) in [6.07, 6.45) is 9.19. The Morgan fingerprint density at radius 3 is 2.33 bits per heavy atom. The molecule has 2 aliphatic carbocycles. The first-order valence-electron chi connectivity index (χ1n) is 10.0. The van der Waals surface area contributed by atoms with Crippen LogP contribution in [-0.2, 0) is 0 Å². The van der Waals surface area contributed by atoms with Crippen LogP contribution in [0.2, 0.25) is 0 Å². The molecule has 2 heteroatoms. The molecule has 0 aromatic heterocycles. The molecular weight excluding hydrogens is 292 g/mol. The second-order valence-electron chi connectivity index (χ2n) is 9.21. The third-order valence-electron chi connectivity index (χ3n) is 5.78. The van der Waals surface area contributed by atoms with Crippen LogP contribution < -0.4 is 10.6 Å². The van der Waals surface area contributed by atoms with Crippen LogP contribution in [0.25, 0.3) is 0 Å². The highest BCUT2D eigenvalue weighted by Crippen LogP contribution is 2.42. The van der Waals surface area contributed by atoms with Gasteiger partial charge in [0.1, 0.15) is 0 Å². The highest BCUT2D eigenvalue weighted by Gasteiger charge is 2.42. The van der Waals surface area contributed by atoms with Crippen molar-refractivity contribution < 1.29 is 0 Å².